The standard InChI is InChI=1S/C16H17N3O5/c1-24-10-9-18(11-15(21)22)16(23)13-7-8-14(20)19(17-13)12-5-3-2-4-6-12/h2-8H,9-11H2,1H3,(H,21,22). The van der Waals surface area contributed by atoms with Crippen molar-refractivity contribution >= 4 is 11.9 Å². The van der Waals surface area contributed by atoms with Gasteiger partial charge in [0, 0.05) is 19.7 Å². The molecule has 0 saturated carbocycles. The van der Waals surface area contributed by atoms with E-state index in [1.807, 2.05) is 0 Å². The molecule has 1 heterocycles. The molecule has 1 aromatic carbocycles. The minimum absolute atomic E-state index is 0.0178. The van der Waals surface area contributed by atoms with Crippen LogP contribution in [0.3, 0.4) is 0 Å². The number of hydrogen-bond donors (Lipinski definition) is 1. The first kappa shape index (κ1) is 17.4. The van der Waals surface area contributed by atoms with E-state index in [0.29, 0.717) is 5.69 Å². The van der Waals surface area contributed by atoms with Crippen molar-refractivity contribution in [2.45, 2.75) is 0 Å². The predicted octanol–water partition coefficient (Wildman–Crippen LogP) is 0.406. The smallest absolute Gasteiger partial charge is 0.323 e. The molecule has 2 aromatic rings. The molecule has 8 nitrogen and oxygen atoms in total. The topological polar surface area (TPSA) is 102 Å². The number of carboxylic acid groups (broad SMARTS) is 1. The maximum absolute atomic E-state index is 12.5. The number of methoxy groups -OCH3 is 1. The van der Waals surface area contributed by atoms with E-state index in [-0.39, 0.29) is 24.4 Å². The maximum Gasteiger partial charge on any atom is 0.323 e. The summed E-state index contributed by atoms with van der Waals surface area (Å²) in [5.41, 5.74) is 0.106. The number of ether oxygens (including phenoxy) is 1. The molecule has 1 aromatic heterocycles. The number of aromatic nitrogens is 2. The quantitative estimate of drug-likeness (QED) is 0.788. The van der Waals surface area contributed by atoms with Crippen molar-refractivity contribution in [2.24, 2.45) is 0 Å². The largest absolute Gasteiger partial charge is 0.480 e. The lowest BCUT2D eigenvalue weighted by atomic mass is 10.3. The summed E-state index contributed by atoms with van der Waals surface area (Å²) >= 11 is 0. The van der Waals surface area contributed by atoms with Gasteiger partial charge in [0.05, 0.1) is 12.3 Å². The minimum atomic E-state index is -1.14. The predicted molar refractivity (Wildman–Crippen MR) is 85.2 cm³/mol. The van der Waals surface area contributed by atoms with Crippen LogP contribution in [0.5, 0.6) is 0 Å². The number of para-hydroxylation sites is 1. The molecule has 1 N–H and O–H groups in total. The van der Waals surface area contributed by atoms with Crippen LogP contribution in [0.1, 0.15) is 10.5 Å². The molecule has 2 rings (SSSR count). The highest BCUT2D eigenvalue weighted by molar-refractivity contribution is 5.94. The molecule has 8 heteroatoms. The van der Waals surface area contributed by atoms with Gasteiger partial charge in [-0.05, 0) is 18.2 Å². The summed E-state index contributed by atoms with van der Waals surface area (Å²) in [5.74, 6) is -1.73. The summed E-state index contributed by atoms with van der Waals surface area (Å²) < 4.78 is 5.99. The third-order valence-electron chi connectivity index (χ3n) is 3.20. The molecule has 0 atom stereocenters. The van der Waals surface area contributed by atoms with Crippen LogP contribution in [0.15, 0.2) is 47.3 Å². The number of nitrogens with zero attached hydrogens (tertiary/aromatic N) is 3. The lowest BCUT2D eigenvalue weighted by molar-refractivity contribution is -0.137. The van der Waals surface area contributed by atoms with Crippen molar-refractivity contribution in [3.63, 3.8) is 0 Å². The fraction of sp³-hybridized carbons (Fsp3) is 0.250. The number of carbonyl (C=O) groups excluding carboxylic acids is 1. The monoisotopic (exact) mass is 331 g/mol. The number of rotatable bonds is 7. The van der Waals surface area contributed by atoms with E-state index in [9.17, 15) is 14.4 Å². The zero-order valence-corrected chi connectivity index (χ0v) is 13.1. The summed E-state index contributed by atoms with van der Waals surface area (Å²) in [5, 5.41) is 13.0. The highest BCUT2D eigenvalue weighted by Gasteiger charge is 2.20. The molecule has 24 heavy (non-hydrogen) atoms. The van der Waals surface area contributed by atoms with Gasteiger partial charge in [0.2, 0.25) is 0 Å². The normalized spacial score (nSPS) is 10.4. The number of aliphatic carboxylic acids is 1. The summed E-state index contributed by atoms with van der Waals surface area (Å²) in [4.78, 5) is 36.5. The van der Waals surface area contributed by atoms with Crippen molar-refractivity contribution < 1.29 is 19.4 Å². The highest BCUT2D eigenvalue weighted by atomic mass is 16.5. The summed E-state index contributed by atoms with van der Waals surface area (Å²) in [6, 6.07) is 11.2. The van der Waals surface area contributed by atoms with Crippen molar-refractivity contribution in [3.05, 3.63) is 58.5 Å². The van der Waals surface area contributed by atoms with Crippen LogP contribution in [0.2, 0.25) is 0 Å². The third-order valence-corrected chi connectivity index (χ3v) is 3.20. The Labute approximate surface area is 137 Å². The van der Waals surface area contributed by atoms with E-state index in [2.05, 4.69) is 5.10 Å². The van der Waals surface area contributed by atoms with Crippen LogP contribution in [0, 0.1) is 0 Å². The summed E-state index contributed by atoms with van der Waals surface area (Å²) in [6.45, 7) is -0.181. The molecular weight excluding hydrogens is 314 g/mol. The Bertz CT molecular complexity index is 773. The Kier molecular flexibility index (Phi) is 5.80. The zero-order chi connectivity index (χ0) is 17.5. The maximum atomic E-state index is 12.5. The zero-order valence-electron chi connectivity index (χ0n) is 13.1. The van der Waals surface area contributed by atoms with E-state index >= 15 is 0 Å². The average Bonchev–Trinajstić information content (AvgIpc) is 2.59. The summed E-state index contributed by atoms with van der Waals surface area (Å²) in [7, 11) is 1.46. The fourth-order valence-corrected chi connectivity index (χ4v) is 2.06. The van der Waals surface area contributed by atoms with Gasteiger partial charge in [-0.2, -0.15) is 9.78 Å². The second kappa shape index (κ2) is 8.02. The number of carboxylic acids is 1. The molecule has 0 aliphatic heterocycles. The van der Waals surface area contributed by atoms with Crippen LogP contribution >= 0.6 is 0 Å². The van der Waals surface area contributed by atoms with Crippen LogP contribution in [-0.4, -0.2) is 58.5 Å². The Morgan fingerprint density at radius 1 is 1.21 bits per heavy atom. The van der Waals surface area contributed by atoms with Gasteiger partial charge in [-0.25, -0.2) is 0 Å². The molecule has 0 aliphatic carbocycles. The Morgan fingerprint density at radius 2 is 1.92 bits per heavy atom. The molecule has 1 amide bonds. The Morgan fingerprint density at radius 3 is 2.54 bits per heavy atom. The van der Waals surface area contributed by atoms with Crippen LogP contribution in [0.25, 0.3) is 5.69 Å². The van der Waals surface area contributed by atoms with Crippen molar-refractivity contribution in [1.82, 2.24) is 14.7 Å². The van der Waals surface area contributed by atoms with Gasteiger partial charge in [0.25, 0.3) is 11.5 Å². The first-order valence-electron chi connectivity index (χ1n) is 7.18. The van der Waals surface area contributed by atoms with E-state index in [4.69, 9.17) is 9.84 Å². The number of amides is 1. The Balaban J connectivity index is 2.34. The molecule has 0 bridgehead atoms. The van der Waals surface area contributed by atoms with Crippen molar-refractivity contribution in [1.29, 1.82) is 0 Å². The van der Waals surface area contributed by atoms with Crippen LogP contribution < -0.4 is 5.56 Å². The fourth-order valence-electron chi connectivity index (χ4n) is 2.06. The lowest BCUT2D eigenvalue weighted by Gasteiger charge is -2.20. The molecule has 0 aliphatic rings. The van der Waals surface area contributed by atoms with Crippen LogP contribution in [0.4, 0.5) is 0 Å². The van der Waals surface area contributed by atoms with Gasteiger partial charge in [0.1, 0.15) is 12.2 Å². The van der Waals surface area contributed by atoms with Gasteiger partial charge in [-0.15, -0.1) is 0 Å². The second-order valence-corrected chi connectivity index (χ2v) is 4.92. The molecule has 0 radical (unpaired) electrons. The van der Waals surface area contributed by atoms with Gasteiger partial charge in [0.15, 0.2) is 0 Å². The molecule has 0 spiro atoms. The lowest BCUT2D eigenvalue weighted by Crippen LogP contribution is -2.39. The molecule has 126 valence electrons. The molecule has 0 fully saturated rings. The molecule has 0 saturated heterocycles. The second-order valence-electron chi connectivity index (χ2n) is 4.92. The minimum Gasteiger partial charge on any atom is -0.480 e. The Hall–Kier alpha value is -3.00. The van der Waals surface area contributed by atoms with Crippen LogP contribution in [-0.2, 0) is 9.53 Å². The third kappa shape index (κ3) is 4.26. The van der Waals surface area contributed by atoms with Gasteiger partial charge >= 0.3 is 5.97 Å². The van der Waals surface area contributed by atoms with E-state index in [0.717, 1.165) is 9.58 Å². The summed E-state index contributed by atoms with van der Waals surface area (Å²) in [6.07, 6.45) is 0. The average molecular weight is 331 g/mol. The number of hydrogen-bond acceptors (Lipinski definition) is 5. The van der Waals surface area contributed by atoms with E-state index < -0.39 is 18.4 Å². The first-order valence-corrected chi connectivity index (χ1v) is 7.18. The van der Waals surface area contributed by atoms with E-state index in [1.165, 1.54) is 19.2 Å². The van der Waals surface area contributed by atoms with E-state index in [1.54, 1.807) is 30.3 Å². The number of carbonyl (C=O) groups is 2. The first-order chi connectivity index (χ1) is 11.5. The van der Waals surface area contributed by atoms with Crippen molar-refractivity contribution in [3.8, 4) is 5.69 Å². The van der Waals surface area contributed by atoms with Crippen molar-refractivity contribution in [2.75, 3.05) is 26.8 Å². The molecule has 0 unspecified atom stereocenters. The SMILES string of the molecule is COCCN(CC(=O)O)C(=O)c1ccc(=O)n(-c2ccccc2)n1. The number of benzene rings is 1. The highest BCUT2D eigenvalue weighted by Crippen LogP contribution is 2.05. The van der Waals surface area contributed by atoms with Gasteiger partial charge in [-0.1, -0.05) is 18.2 Å². The van der Waals surface area contributed by atoms with Gasteiger partial charge in [-0.3, -0.25) is 14.4 Å². The van der Waals surface area contributed by atoms with Gasteiger partial charge < -0.3 is 14.7 Å². The molecular formula is C16H17N3O5.